The third kappa shape index (κ3) is 18.7. The number of carbonyl (C=O) groups excluding carboxylic acids is 3. The Kier molecular flexibility index (Phi) is 25.9. The van der Waals surface area contributed by atoms with Crippen LogP contribution in [0.4, 0.5) is 4.79 Å². The number of rotatable bonds is 23. The highest BCUT2D eigenvalue weighted by atomic mass is 28.4. The Morgan fingerprint density at radius 3 is 1.23 bits per heavy atom. The number of carbonyl (C=O) groups is 3. The lowest BCUT2D eigenvalue weighted by Crippen LogP contribution is -2.47. The van der Waals surface area contributed by atoms with Crippen LogP contribution in [0.1, 0.15) is 228 Å². The zero-order chi connectivity index (χ0) is 69.1. The zero-order valence-electron chi connectivity index (χ0n) is 60.9. The molecular weight excluding hydrogens is 1160 g/mol. The minimum absolute atomic E-state index is 0.0689. The lowest BCUT2D eigenvalue weighted by molar-refractivity contribution is -0.143. The molecule has 0 saturated heterocycles. The second kappa shape index (κ2) is 31.2. The van der Waals surface area contributed by atoms with Crippen molar-refractivity contribution in [1.29, 1.82) is 0 Å². The molecule has 4 atom stereocenters. The number of alkyl carbamates (subject to hydrolysis) is 1. The van der Waals surface area contributed by atoms with Crippen LogP contribution in [0.2, 0.25) is 18.1 Å². The van der Waals surface area contributed by atoms with Crippen molar-refractivity contribution in [1.82, 2.24) is 5.32 Å². The van der Waals surface area contributed by atoms with E-state index in [1.807, 2.05) is 48.5 Å². The van der Waals surface area contributed by atoms with Crippen molar-refractivity contribution in [3.63, 3.8) is 0 Å². The Bertz CT molecular complexity index is 3420. The molecule has 502 valence electrons. The molecule has 6 rings (SSSR count). The highest BCUT2D eigenvalue weighted by molar-refractivity contribution is 6.74. The Labute approximate surface area is 556 Å². The van der Waals surface area contributed by atoms with Crippen LogP contribution in [0.25, 0.3) is 22.3 Å². The smallest absolute Gasteiger partial charge is 0.408 e. The van der Waals surface area contributed by atoms with Crippen LogP contribution in [0, 0.1) is 38.5 Å². The number of nitrogens with two attached hydrogens (primary N) is 1. The van der Waals surface area contributed by atoms with E-state index < -0.39 is 44.0 Å². The molecule has 6 aromatic rings. The molecule has 0 aliphatic rings. The maximum Gasteiger partial charge on any atom is 0.408 e. The lowest BCUT2D eigenvalue weighted by Gasteiger charge is -2.43. The van der Waals surface area contributed by atoms with Crippen molar-refractivity contribution in [3.8, 4) is 22.3 Å². The number of amides is 1. The minimum Gasteiger partial charge on any atom is -0.468 e. The molecule has 1 amide bonds. The van der Waals surface area contributed by atoms with E-state index in [2.05, 4.69) is 209 Å². The summed E-state index contributed by atoms with van der Waals surface area (Å²) in [6.07, 6.45) is 6.85. The van der Waals surface area contributed by atoms with Crippen molar-refractivity contribution < 1.29 is 38.1 Å². The summed E-state index contributed by atoms with van der Waals surface area (Å²) >= 11 is 0. The maximum absolute atomic E-state index is 12.6. The van der Waals surface area contributed by atoms with E-state index in [1.54, 1.807) is 20.8 Å². The minimum atomic E-state index is -1.90. The summed E-state index contributed by atoms with van der Waals surface area (Å²) in [4.78, 5) is 37.0. The van der Waals surface area contributed by atoms with E-state index in [0.717, 1.165) is 73.6 Å². The fourth-order valence-corrected chi connectivity index (χ4v) is 14.1. The van der Waals surface area contributed by atoms with Gasteiger partial charge in [-0.05, 0) is 218 Å². The Hall–Kier alpha value is -6.37. The highest BCUT2D eigenvalue weighted by Crippen LogP contribution is 2.45. The predicted molar refractivity (Wildman–Crippen MR) is 385 cm³/mol. The van der Waals surface area contributed by atoms with Crippen LogP contribution < -0.4 is 11.1 Å². The van der Waals surface area contributed by atoms with Gasteiger partial charge in [-0.25, -0.2) is 9.59 Å². The van der Waals surface area contributed by atoms with Crippen molar-refractivity contribution in [2.75, 3.05) is 14.2 Å². The first kappa shape index (κ1) is 76.3. The number of esters is 2. The van der Waals surface area contributed by atoms with Gasteiger partial charge in [-0.15, -0.1) is 0 Å². The normalized spacial score (nSPS) is 13.9. The van der Waals surface area contributed by atoms with Gasteiger partial charge >= 0.3 is 18.0 Å². The molecule has 0 saturated carbocycles. The molecule has 0 fully saturated rings. The van der Waals surface area contributed by atoms with Gasteiger partial charge in [-0.3, -0.25) is 4.79 Å². The summed E-state index contributed by atoms with van der Waals surface area (Å²) in [5, 5.41) is 13.4. The fourth-order valence-electron chi connectivity index (χ4n) is 12.6. The molecule has 10 nitrogen and oxygen atoms in total. The monoisotopic (exact) mass is 1270 g/mol. The second-order valence-corrected chi connectivity index (χ2v) is 35.2. The average molecular weight is 1270 g/mol. The lowest BCUT2D eigenvalue weighted by atomic mass is 9.69. The highest BCUT2D eigenvalue weighted by Gasteiger charge is 2.42. The Balaban J connectivity index is 0.000000349. The number of hydrogen-bond acceptors (Lipinski definition) is 9. The number of aryl methyl sites for hydroxylation is 6. The molecule has 11 heteroatoms. The maximum atomic E-state index is 12.6. The molecule has 0 aliphatic heterocycles. The van der Waals surface area contributed by atoms with Crippen LogP contribution in [-0.4, -0.2) is 63.5 Å². The van der Waals surface area contributed by atoms with Gasteiger partial charge in [0.2, 0.25) is 0 Å². The first-order chi connectivity index (χ1) is 42.8. The number of benzene rings is 6. The number of ether oxygens (including phenoxy) is 3. The van der Waals surface area contributed by atoms with Crippen molar-refractivity contribution >= 4 is 26.3 Å². The topological polar surface area (TPSA) is 146 Å². The van der Waals surface area contributed by atoms with Gasteiger partial charge in [0.25, 0.3) is 0 Å². The average Bonchev–Trinajstić information content (AvgIpc) is 0.781. The van der Waals surface area contributed by atoms with E-state index in [0.29, 0.717) is 5.56 Å². The molecule has 92 heavy (non-hydrogen) atoms. The summed E-state index contributed by atoms with van der Waals surface area (Å²) in [5.41, 5.74) is 23.9. The second-order valence-electron chi connectivity index (χ2n) is 30.5. The van der Waals surface area contributed by atoms with Gasteiger partial charge in [0.15, 0.2) is 14.4 Å². The molecule has 0 heterocycles. The van der Waals surface area contributed by atoms with E-state index in [4.69, 9.17) is 24.4 Å². The molecule has 0 bridgehead atoms. The van der Waals surface area contributed by atoms with Gasteiger partial charge < -0.3 is 34.8 Å². The molecule has 6 aromatic carbocycles. The SMILES string of the molecule is CCC(CC)(c1ccc(CCC(O)C(C)(C)C)c(C)c1)c1ccc(-c2ccc([C@H](N)C(=O)OC)cc2)c(C)c1.CCC(CC)(c1ccc(CCC(O[Si](C)(C)C(C)(C)C)C(C)(C)C)c(C)c1)c1ccc(-c2ccc([C@H](NC(=O)OC(C)(C)C)C(=O)OC)cc2)c(C)c1. The van der Waals surface area contributed by atoms with Crippen LogP contribution in [0.15, 0.2) is 121 Å². The van der Waals surface area contributed by atoms with Gasteiger partial charge in [-0.2, -0.15) is 0 Å². The van der Waals surface area contributed by atoms with Crippen molar-refractivity contribution in [2.24, 2.45) is 16.6 Å². The van der Waals surface area contributed by atoms with Gasteiger partial charge in [0, 0.05) is 10.8 Å². The first-order valence-electron chi connectivity index (χ1n) is 33.7. The number of nitrogens with one attached hydrogen (secondary N) is 1. The Morgan fingerprint density at radius 1 is 0.511 bits per heavy atom. The number of methoxy groups -OCH3 is 2. The third-order valence-corrected chi connectivity index (χ3v) is 24.5. The third-order valence-electron chi connectivity index (χ3n) is 20.0. The molecule has 0 radical (unpaired) electrons. The molecule has 0 aromatic heterocycles. The summed E-state index contributed by atoms with van der Waals surface area (Å²) in [6.45, 7) is 48.2. The molecule has 0 spiro atoms. The van der Waals surface area contributed by atoms with E-state index >= 15 is 0 Å². The summed E-state index contributed by atoms with van der Waals surface area (Å²) in [5.74, 6) is -1.00. The number of aliphatic hydroxyl groups excluding tert-OH is 1. The number of aliphatic hydroxyl groups is 1. The van der Waals surface area contributed by atoms with Crippen LogP contribution in [0.3, 0.4) is 0 Å². The predicted octanol–water partition coefficient (Wildman–Crippen LogP) is 19.8. The first-order valence-corrected chi connectivity index (χ1v) is 36.6. The van der Waals surface area contributed by atoms with Gasteiger partial charge in [0.1, 0.15) is 11.6 Å². The summed E-state index contributed by atoms with van der Waals surface area (Å²) < 4.78 is 22.2. The summed E-state index contributed by atoms with van der Waals surface area (Å²) in [7, 11) is 0.758. The zero-order valence-corrected chi connectivity index (χ0v) is 61.9. The van der Waals surface area contributed by atoms with Crippen LogP contribution in [0.5, 0.6) is 0 Å². The number of hydrogen-bond donors (Lipinski definition) is 3. The summed E-state index contributed by atoms with van der Waals surface area (Å²) in [6, 6.07) is 41.5. The molecule has 2 unspecified atom stereocenters. The molecular formula is C81H116N2O8Si. The van der Waals surface area contributed by atoms with Crippen molar-refractivity contribution in [3.05, 3.63) is 188 Å². The van der Waals surface area contributed by atoms with Gasteiger partial charge in [0.05, 0.1) is 26.4 Å². The van der Waals surface area contributed by atoms with E-state index in [9.17, 15) is 19.5 Å². The van der Waals surface area contributed by atoms with E-state index in [-0.39, 0.29) is 38.9 Å². The molecule has 0 aliphatic carbocycles. The quantitative estimate of drug-likeness (QED) is 0.0324. The van der Waals surface area contributed by atoms with E-state index in [1.165, 1.54) is 75.4 Å². The standard InChI is InChI=1S/C46H69NO5Si.C35H47NO3/c1-17-46(18-2,36-25-23-33(31(3)29-36)24-28-39(43(5,6)7)52-53(15,16)45(11,12)13)37-26-27-38(32(4)30-37)34-19-21-35(22-20-34)40(41(48)50-14)47-42(49)51-44(8,9)10;1-9-35(10-2,28-17-15-25(23(3)21-28)16-20-31(37)34(5,6)7)29-18-19-30(24(4)22-29)26-11-13-27(14-12-26)32(36)33(38)39-8/h19-23,25-27,29-30,39-40H,17-18,24,28H2,1-16H3,(H,47,49);11-15,17-19,21-22,31-32,37H,9-10,16,20,36H2,1-8H3/t39?,40-;31?,32-/m00/s1. The molecule has 4 N–H and O–H groups in total. The Morgan fingerprint density at radius 2 is 0.891 bits per heavy atom. The van der Waals surface area contributed by atoms with Crippen molar-refractivity contribution in [2.45, 2.75) is 249 Å². The largest absolute Gasteiger partial charge is 0.468 e. The fraction of sp³-hybridized carbons (Fsp3) is 0.519. The van der Waals surface area contributed by atoms with Gasteiger partial charge in [-0.1, -0.05) is 211 Å². The van der Waals surface area contributed by atoms with Crippen LogP contribution >= 0.6 is 0 Å². The van der Waals surface area contributed by atoms with Crippen LogP contribution in [-0.2, 0) is 51.9 Å².